The Kier molecular flexibility index (Phi) is 4.21. The molecule has 0 aromatic rings. The van der Waals surface area contributed by atoms with Gasteiger partial charge in [0.25, 0.3) is 0 Å². The number of hydrogen-bond acceptors (Lipinski definition) is 4. The quantitative estimate of drug-likeness (QED) is 0.572. The van der Waals surface area contributed by atoms with Crippen molar-refractivity contribution in [3.05, 3.63) is 0 Å². The molecule has 64 valence electrons. The zero-order chi connectivity index (χ0) is 8.85. The third-order valence-electron chi connectivity index (χ3n) is 0.998. The Morgan fingerprint density at radius 3 is 2.36 bits per heavy atom. The van der Waals surface area contributed by atoms with Crippen molar-refractivity contribution in [3.8, 4) is 0 Å². The second kappa shape index (κ2) is 4.68. The summed E-state index contributed by atoms with van der Waals surface area (Å²) in [6.45, 7) is 0.954. The van der Waals surface area contributed by atoms with Gasteiger partial charge in [-0.3, -0.25) is 4.79 Å². The standard InChI is InChI=1S/C6H10O5/c1-4(7)11-3-5(10-2)6(8)9/h5H,3H2,1-2H3,(H,8,9). The fraction of sp³-hybridized carbons (Fsp3) is 0.667. The fourth-order valence-electron chi connectivity index (χ4n) is 0.433. The van der Waals surface area contributed by atoms with Gasteiger partial charge < -0.3 is 14.6 Å². The molecule has 0 aliphatic heterocycles. The Labute approximate surface area is 63.9 Å². The van der Waals surface area contributed by atoms with Crippen LogP contribution in [-0.4, -0.2) is 36.9 Å². The minimum Gasteiger partial charge on any atom is -0.479 e. The lowest BCUT2D eigenvalue weighted by molar-refractivity contribution is -0.157. The smallest absolute Gasteiger partial charge is 0.336 e. The maximum absolute atomic E-state index is 10.2. The van der Waals surface area contributed by atoms with E-state index in [1.54, 1.807) is 0 Å². The number of carboxylic acids is 1. The summed E-state index contributed by atoms with van der Waals surface area (Å²) < 4.78 is 8.90. The Morgan fingerprint density at radius 2 is 2.09 bits per heavy atom. The highest BCUT2D eigenvalue weighted by Gasteiger charge is 2.17. The topological polar surface area (TPSA) is 72.8 Å². The number of rotatable bonds is 4. The zero-order valence-electron chi connectivity index (χ0n) is 6.36. The summed E-state index contributed by atoms with van der Waals surface area (Å²) >= 11 is 0. The molecule has 0 radical (unpaired) electrons. The predicted molar refractivity (Wildman–Crippen MR) is 35.1 cm³/mol. The molecule has 1 N–H and O–H groups in total. The van der Waals surface area contributed by atoms with E-state index in [1.165, 1.54) is 14.0 Å². The molecule has 1 atom stereocenters. The molecule has 0 saturated heterocycles. The molecule has 5 heteroatoms. The minimum atomic E-state index is -1.14. The molecule has 0 bridgehead atoms. The molecule has 5 nitrogen and oxygen atoms in total. The molecule has 0 rings (SSSR count). The van der Waals surface area contributed by atoms with Gasteiger partial charge in [-0.1, -0.05) is 0 Å². The first-order chi connectivity index (χ1) is 5.07. The van der Waals surface area contributed by atoms with Crippen molar-refractivity contribution in [2.24, 2.45) is 0 Å². The van der Waals surface area contributed by atoms with Crippen molar-refractivity contribution in [2.75, 3.05) is 13.7 Å². The van der Waals surface area contributed by atoms with Crippen LogP contribution in [-0.2, 0) is 19.1 Å². The van der Waals surface area contributed by atoms with Crippen LogP contribution in [0.5, 0.6) is 0 Å². The van der Waals surface area contributed by atoms with Crippen LogP contribution in [0, 0.1) is 0 Å². The summed E-state index contributed by atoms with van der Waals surface area (Å²) in [4.78, 5) is 20.4. The molecule has 0 saturated carbocycles. The van der Waals surface area contributed by atoms with Crippen molar-refractivity contribution in [2.45, 2.75) is 13.0 Å². The number of ether oxygens (including phenoxy) is 2. The van der Waals surface area contributed by atoms with E-state index < -0.39 is 18.0 Å². The van der Waals surface area contributed by atoms with Gasteiger partial charge in [0, 0.05) is 14.0 Å². The minimum absolute atomic E-state index is 0.249. The summed E-state index contributed by atoms with van der Waals surface area (Å²) in [5.41, 5.74) is 0. The average Bonchev–Trinajstić information content (AvgIpc) is 1.87. The maximum atomic E-state index is 10.2. The molecule has 0 heterocycles. The van der Waals surface area contributed by atoms with Gasteiger partial charge in [-0.2, -0.15) is 0 Å². The van der Waals surface area contributed by atoms with E-state index in [9.17, 15) is 9.59 Å². The van der Waals surface area contributed by atoms with Crippen LogP contribution in [0.15, 0.2) is 0 Å². The Balaban J connectivity index is 3.70. The van der Waals surface area contributed by atoms with E-state index in [2.05, 4.69) is 9.47 Å². The third kappa shape index (κ3) is 4.32. The van der Waals surface area contributed by atoms with Crippen LogP contribution in [0.4, 0.5) is 0 Å². The molecule has 0 spiro atoms. The van der Waals surface area contributed by atoms with Crippen LogP contribution in [0.3, 0.4) is 0 Å². The maximum Gasteiger partial charge on any atom is 0.336 e. The third-order valence-corrected chi connectivity index (χ3v) is 0.998. The van der Waals surface area contributed by atoms with Crippen LogP contribution in [0.2, 0.25) is 0 Å². The highest BCUT2D eigenvalue weighted by molar-refractivity contribution is 5.73. The number of esters is 1. The summed E-state index contributed by atoms with van der Waals surface area (Å²) in [6, 6.07) is 0. The van der Waals surface area contributed by atoms with Gasteiger partial charge in [0.1, 0.15) is 6.61 Å². The van der Waals surface area contributed by atoms with E-state index in [0.29, 0.717) is 0 Å². The molecule has 0 aromatic heterocycles. The summed E-state index contributed by atoms with van der Waals surface area (Å²) in [5.74, 6) is -1.66. The molecule has 0 aliphatic carbocycles. The molecule has 0 fully saturated rings. The van der Waals surface area contributed by atoms with Crippen LogP contribution in [0.1, 0.15) is 6.92 Å². The van der Waals surface area contributed by atoms with Crippen molar-refractivity contribution in [3.63, 3.8) is 0 Å². The first-order valence-electron chi connectivity index (χ1n) is 2.97. The second-order valence-electron chi connectivity index (χ2n) is 1.87. The summed E-state index contributed by atoms with van der Waals surface area (Å²) in [7, 11) is 1.24. The number of carbonyl (C=O) groups excluding carboxylic acids is 1. The van der Waals surface area contributed by atoms with Crippen molar-refractivity contribution >= 4 is 11.9 Å². The van der Waals surface area contributed by atoms with Crippen LogP contribution >= 0.6 is 0 Å². The monoisotopic (exact) mass is 162 g/mol. The van der Waals surface area contributed by atoms with Gasteiger partial charge in [-0.15, -0.1) is 0 Å². The van der Waals surface area contributed by atoms with E-state index in [1.807, 2.05) is 0 Å². The highest BCUT2D eigenvalue weighted by Crippen LogP contribution is 1.91. The Hall–Kier alpha value is -1.10. The van der Waals surface area contributed by atoms with Crippen LogP contribution < -0.4 is 0 Å². The van der Waals surface area contributed by atoms with Gasteiger partial charge in [-0.05, 0) is 0 Å². The fourth-order valence-corrected chi connectivity index (χ4v) is 0.433. The van der Waals surface area contributed by atoms with Crippen molar-refractivity contribution < 1.29 is 24.2 Å². The molecular formula is C6H10O5. The summed E-state index contributed by atoms with van der Waals surface area (Å²) in [5, 5.41) is 8.37. The lowest BCUT2D eigenvalue weighted by Crippen LogP contribution is -2.28. The van der Waals surface area contributed by atoms with Gasteiger partial charge in [0.15, 0.2) is 6.10 Å². The van der Waals surface area contributed by atoms with Gasteiger partial charge in [0.2, 0.25) is 0 Å². The largest absolute Gasteiger partial charge is 0.479 e. The Bertz CT molecular complexity index is 153. The normalized spacial score (nSPS) is 12.2. The SMILES string of the molecule is COC(COC(C)=O)C(=O)O. The predicted octanol–water partition coefficient (Wildman–Crippen LogP) is -0.351. The van der Waals surface area contributed by atoms with E-state index in [0.717, 1.165) is 0 Å². The molecule has 0 amide bonds. The van der Waals surface area contributed by atoms with Crippen LogP contribution in [0.25, 0.3) is 0 Å². The Morgan fingerprint density at radius 1 is 1.55 bits per heavy atom. The van der Waals surface area contributed by atoms with Crippen molar-refractivity contribution in [1.82, 2.24) is 0 Å². The number of methoxy groups -OCH3 is 1. The van der Waals surface area contributed by atoms with Crippen molar-refractivity contribution in [1.29, 1.82) is 0 Å². The zero-order valence-corrected chi connectivity index (χ0v) is 6.36. The van der Waals surface area contributed by atoms with Gasteiger partial charge in [-0.25, -0.2) is 4.79 Å². The molecule has 0 aromatic carbocycles. The average molecular weight is 162 g/mol. The van der Waals surface area contributed by atoms with Gasteiger partial charge >= 0.3 is 11.9 Å². The molecular weight excluding hydrogens is 152 g/mol. The first-order valence-corrected chi connectivity index (χ1v) is 2.97. The summed E-state index contributed by atoms with van der Waals surface area (Å²) in [6.07, 6.45) is -1.07. The van der Waals surface area contributed by atoms with Gasteiger partial charge in [0.05, 0.1) is 0 Å². The first kappa shape index (κ1) is 9.90. The van der Waals surface area contributed by atoms with E-state index >= 15 is 0 Å². The lowest BCUT2D eigenvalue weighted by atomic mass is 10.4. The molecule has 0 aliphatic rings. The molecule has 1 unspecified atom stereocenters. The number of aliphatic carboxylic acids is 1. The number of carboxylic acid groups (broad SMARTS) is 1. The number of carbonyl (C=O) groups is 2. The molecule has 11 heavy (non-hydrogen) atoms. The lowest BCUT2D eigenvalue weighted by Gasteiger charge is -2.08. The van der Waals surface area contributed by atoms with E-state index in [4.69, 9.17) is 5.11 Å². The highest BCUT2D eigenvalue weighted by atomic mass is 16.6. The van der Waals surface area contributed by atoms with E-state index in [-0.39, 0.29) is 6.61 Å². The second-order valence-corrected chi connectivity index (χ2v) is 1.87. The number of hydrogen-bond donors (Lipinski definition) is 1.